The van der Waals surface area contributed by atoms with Gasteiger partial charge in [-0.15, -0.1) is 0 Å². The molecule has 15 nitrogen and oxygen atoms in total. The summed E-state index contributed by atoms with van der Waals surface area (Å²) in [7, 11) is 0. The first-order chi connectivity index (χ1) is 25.2. The lowest BCUT2D eigenvalue weighted by Crippen LogP contribution is -2.34. The highest BCUT2D eigenvalue weighted by Crippen LogP contribution is 2.42. The Morgan fingerprint density at radius 1 is 0.882 bits per heavy atom. The zero-order chi connectivity index (χ0) is 35.0. The molecule has 0 bridgehead atoms. The summed E-state index contributed by atoms with van der Waals surface area (Å²) >= 11 is 0. The van der Waals surface area contributed by atoms with Gasteiger partial charge in [0, 0.05) is 32.1 Å². The van der Waals surface area contributed by atoms with Crippen molar-refractivity contribution in [2.75, 3.05) is 43.4 Å². The van der Waals surface area contributed by atoms with E-state index in [0.717, 1.165) is 30.8 Å². The van der Waals surface area contributed by atoms with E-state index < -0.39 is 24.5 Å². The summed E-state index contributed by atoms with van der Waals surface area (Å²) < 4.78 is 20.7. The number of aromatic nitrogens is 7. The van der Waals surface area contributed by atoms with E-state index in [1.807, 2.05) is 43.3 Å². The number of anilines is 2. The quantitative estimate of drug-likeness (QED) is 0.143. The smallest absolute Gasteiger partial charge is 0.293 e. The minimum atomic E-state index is -1.05. The summed E-state index contributed by atoms with van der Waals surface area (Å²) in [5.41, 5.74) is 3.25. The molecule has 3 aromatic heterocycles. The number of hydrogen-bond donors (Lipinski definition) is 2. The van der Waals surface area contributed by atoms with Crippen molar-refractivity contribution in [3.8, 4) is 0 Å². The molecular formula is C36H42N10O5. The second-order valence-electron chi connectivity index (χ2n) is 12.6. The molecule has 2 aromatic carbocycles. The van der Waals surface area contributed by atoms with E-state index in [2.05, 4.69) is 49.9 Å². The molecule has 2 fully saturated rings. The van der Waals surface area contributed by atoms with Gasteiger partial charge in [-0.25, -0.2) is 9.97 Å². The number of carbonyl (C=O) groups excluding carboxylic acids is 2. The Hall–Kier alpha value is -5.41. The van der Waals surface area contributed by atoms with Crippen LogP contribution in [-0.2, 0) is 30.3 Å². The number of nitrogens with one attached hydrogen (secondary N) is 2. The Kier molecular flexibility index (Phi) is 10.7. The molecule has 0 spiro atoms. The number of rotatable bonds is 16. The lowest BCUT2D eigenvalue weighted by Gasteiger charge is -2.26. The summed E-state index contributed by atoms with van der Waals surface area (Å²) in [6.07, 6.45) is 2.83. The number of likely N-dealkylation sites (tertiary alicyclic amines) is 1. The fourth-order valence-corrected chi connectivity index (χ4v) is 6.90. The molecule has 0 saturated carbocycles. The third kappa shape index (κ3) is 7.54. The van der Waals surface area contributed by atoms with Gasteiger partial charge >= 0.3 is 0 Å². The molecule has 266 valence electrons. The Morgan fingerprint density at radius 2 is 1.59 bits per heavy atom. The highest BCUT2D eigenvalue weighted by molar-refractivity contribution is 5.84. The summed E-state index contributed by atoms with van der Waals surface area (Å²) in [5.74, 6) is 1.25. The predicted molar refractivity (Wildman–Crippen MR) is 188 cm³/mol. The largest absolute Gasteiger partial charge is 0.457 e. The highest BCUT2D eigenvalue weighted by Gasteiger charge is 2.51. The summed E-state index contributed by atoms with van der Waals surface area (Å²) in [6, 6.07) is 20.6. The van der Waals surface area contributed by atoms with Crippen LogP contribution in [0, 0.1) is 0 Å². The molecule has 0 aliphatic carbocycles. The first kappa shape index (κ1) is 34.1. The first-order valence-corrected chi connectivity index (χ1v) is 17.4. The summed E-state index contributed by atoms with van der Waals surface area (Å²) in [6.45, 7) is 7.32. The lowest BCUT2D eigenvalue weighted by atomic mass is 9.91. The predicted octanol–water partition coefficient (Wildman–Crippen LogP) is 3.93. The topological polar surface area (TPSA) is 163 Å². The molecule has 2 N–H and O–H groups in total. The maximum absolute atomic E-state index is 11.8. The molecule has 0 unspecified atom stereocenters. The van der Waals surface area contributed by atoms with Crippen molar-refractivity contribution < 1.29 is 23.8 Å². The SMILES string of the molecule is CCn1cnc([C@H]2O[C@@H](n3cnc4c(NCC(c5ccccc5)c5ccccc5)nc(NCCN5CCCCC5)nc43)[C@H](OC=O)[C@H]2OC=O)n1. The Balaban J connectivity index is 1.24. The van der Waals surface area contributed by atoms with Crippen LogP contribution in [0.25, 0.3) is 11.2 Å². The van der Waals surface area contributed by atoms with Gasteiger partial charge in [0.05, 0.1) is 6.33 Å². The van der Waals surface area contributed by atoms with Crippen molar-refractivity contribution in [2.45, 2.75) is 63.2 Å². The Morgan fingerprint density at radius 3 is 2.25 bits per heavy atom. The number of ether oxygens (including phenoxy) is 3. The van der Waals surface area contributed by atoms with Crippen LogP contribution in [0.2, 0.25) is 0 Å². The lowest BCUT2D eigenvalue weighted by molar-refractivity contribution is -0.151. The van der Waals surface area contributed by atoms with Gasteiger partial charge in [-0.05, 0) is 44.0 Å². The number of benzene rings is 2. The van der Waals surface area contributed by atoms with E-state index in [-0.39, 0.29) is 5.92 Å². The van der Waals surface area contributed by atoms with Crippen LogP contribution in [0.5, 0.6) is 0 Å². The van der Waals surface area contributed by atoms with Crippen LogP contribution in [-0.4, -0.2) is 97.1 Å². The third-order valence-electron chi connectivity index (χ3n) is 9.48. The van der Waals surface area contributed by atoms with E-state index in [0.29, 0.717) is 61.3 Å². The molecule has 51 heavy (non-hydrogen) atoms. The number of nitrogens with zero attached hydrogens (tertiary/aromatic N) is 8. The van der Waals surface area contributed by atoms with Crippen molar-refractivity contribution in [1.82, 2.24) is 39.2 Å². The molecule has 7 rings (SSSR count). The fourth-order valence-electron chi connectivity index (χ4n) is 6.90. The standard InChI is InChI=1S/C36H42N10O5/c1-2-45-21-40-33(43-45)30-29(49-23-47)31(50-24-48)35(51-30)46-22-39-28-32(41-36(42-34(28)46)37-16-19-44-17-10-5-11-18-44)38-20-27(25-12-6-3-7-13-25)26-14-8-4-9-15-26/h3-4,6-9,12-15,21-24,27,29-31,35H,2,5,10-11,16-20H2,1H3,(H2,37,38,41,42)/t29-,30-,31+,35+/m0/s1. The molecule has 5 aromatic rings. The van der Waals surface area contributed by atoms with Gasteiger partial charge in [0.2, 0.25) is 5.95 Å². The van der Waals surface area contributed by atoms with E-state index >= 15 is 0 Å². The Labute approximate surface area is 295 Å². The van der Waals surface area contributed by atoms with Crippen molar-refractivity contribution >= 4 is 35.9 Å². The minimum Gasteiger partial charge on any atom is -0.457 e. The van der Waals surface area contributed by atoms with E-state index in [1.54, 1.807) is 21.9 Å². The maximum atomic E-state index is 11.8. The van der Waals surface area contributed by atoms with Gasteiger partial charge in [-0.3, -0.25) is 18.8 Å². The number of fused-ring (bicyclic) bond motifs is 1. The van der Waals surface area contributed by atoms with Crippen LogP contribution in [0.15, 0.2) is 73.3 Å². The average Bonchev–Trinajstić information content (AvgIpc) is 3.91. The van der Waals surface area contributed by atoms with Gasteiger partial charge in [-0.2, -0.15) is 15.1 Å². The molecule has 5 heterocycles. The van der Waals surface area contributed by atoms with Gasteiger partial charge < -0.3 is 29.7 Å². The van der Waals surface area contributed by atoms with Crippen molar-refractivity contribution in [3.63, 3.8) is 0 Å². The number of carbonyl (C=O) groups is 2. The summed E-state index contributed by atoms with van der Waals surface area (Å²) in [4.78, 5) is 44.8. The average molecular weight is 695 g/mol. The van der Waals surface area contributed by atoms with Crippen LogP contribution < -0.4 is 10.6 Å². The highest BCUT2D eigenvalue weighted by atomic mass is 16.6. The number of hydrogen-bond acceptors (Lipinski definition) is 13. The van der Waals surface area contributed by atoms with Crippen LogP contribution in [0.3, 0.4) is 0 Å². The van der Waals surface area contributed by atoms with Crippen molar-refractivity contribution in [1.29, 1.82) is 0 Å². The normalized spacial score (nSPS) is 20.7. The number of piperidine rings is 1. The van der Waals surface area contributed by atoms with Crippen LogP contribution >= 0.6 is 0 Å². The number of aryl methyl sites for hydroxylation is 1. The molecule has 2 aliphatic heterocycles. The van der Waals surface area contributed by atoms with E-state index in [9.17, 15) is 9.59 Å². The minimum absolute atomic E-state index is 0.0241. The van der Waals surface area contributed by atoms with E-state index in [1.165, 1.54) is 19.3 Å². The fraction of sp³-hybridized carbons (Fsp3) is 0.417. The van der Waals surface area contributed by atoms with Crippen molar-refractivity contribution in [3.05, 3.63) is 90.3 Å². The molecule has 0 radical (unpaired) electrons. The van der Waals surface area contributed by atoms with Crippen molar-refractivity contribution in [2.24, 2.45) is 0 Å². The molecule has 2 aliphatic rings. The second kappa shape index (κ2) is 16.1. The summed E-state index contributed by atoms with van der Waals surface area (Å²) in [5, 5.41) is 11.5. The zero-order valence-corrected chi connectivity index (χ0v) is 28.5. The van der Waals surface area contributed by atoms with Gasteiger partial charge in [-0.1, -0.05) is 67.1 Å². The molecule has 2 saturated heterocycles. The second-order valence-corrected chi connectivity index (χ2v) is 12.6. The zero-order valence-electron chi connectivity index (χ0n) is 28.5. The van der Waals surface area contributed by atoms with Gasteiger partial charge in [0.1, 0.15) is 6.33 Å². The van der Waals surface area contributed by atoms with Gasteiger partial charge in [0.25, 0.3) is 12.9 Å². The molecule has 15 heteroatoms. The maximum Gasteiger partial charge on any atom is 0.293 e. The van der Waals surface area contributed by atoms with Crippen LogP contribution in [0.4, 0.5) is 11.8 Å². The molecule has 4 atom stereocenters. The molecule has 0 amide bonds. The Bertz CT molecular complexity index is 1840. The van der Waals surface area contributed by atoms with E-state index in [4.69, 9.17) is 29.2 Å². The van der Waals surface area contributed by atoms with Crippen LogP contribution in [0.1, 0.15) is 61.4 Å². The number of imidazole rings is 1. The first-order valence-electron chi connectivity index (χ1n) is 17.4. The monoisotopic (exact) mass is 694 g/mol. The third-order valence-corrected chi connectivity index (χ3v) is 9.48. The molecular weight excluding hydrogens is 652 g/mol. The van der Waals surface area contributed by atoms with Gasteiger partial charge in [0.15, 0.2) is 47.3 Å².